The van der Waals surface area contributed by atoms with Gasteiger partial charge >= 0.3 is 0 Å². The van der Waals surface area contributed by atoms with Crippen LogP contribution in [0.15, 0.2) is 23.6 Å². The Morgan fingerprint density at radius 2 is 2.20 bits per heavy atom. The number of carbonyl (C=O) groups is 1. The first kappa shape index (κ1) is 16.0. The molecule has 2 atom stereocenters. The summed E-state index contributed by atoms with van der Waals surface area (Å²) in [5.74, 6) is 0.682. The molecule has 0 unspecified atom stereocenters. The quantitative estimate of drug-likeness (QED) is 0.747. The molecule has 1 amide bonds. The Labute approximate surface area is 149 Å². The molecule has 0 radical (unpaired) electrons. The van der Waals surface area contributed by atoms with Crippen LogP contribution in [0.1, 0.15) is 23.4 Å². The highest BCUT2D eigenvalue weighted by Gasteiger charge is 2.50. The fourth-order valence-electron chi connectivity index (χ4n) is 3.29. The van der Waals surface area contributed by atoms with Gasteiger partial charge in [0.05, 0.1) is 5.92 Å². The smallest absolute Gasteiger partial charge is 0.239 e. The van der Waals surface area contributed by atoms with Crippen molar-refractivity contribution in [3.8, 4) is 11.5 Å². The lowest BCUT2D eigenvalue weighted by Gasteiger charge is -2.44. The summed E-state index contributed by atoms with van der Waals surface area (Å²) in [7, 11) is 3.52. The van der Waals surface area contributed by atoms with E-state index in [0.717, 1.165) is 16.2 Å². The number of rotatable bonds is 2. The minimum Gasteiger partial charge on any atom is -0.454 e. The molecule has 9 heteroatoms. The van der Waals surface area contributed by atoms with Gasteiger partial charge in [0.25, 0.3) is 0 Å². The van der Waals surface area contributed by atoms with Gasteiger partial charge in [-0.15, -0.1) is 11.3 Å². The fourth-order valence-corrected chi connectivity index (χ4v) is 4.24. The summed E-state index contributed by atoms with van der Waals surface area (Å²) in [6.45, 7) is 2.10. The van der Waals surface area contributed by atoms with Gasteiger partial charge in [0.1, 0.15) is 10.5 Å². The number of likely N-dealkylation sites (N-methyl/N-ethyl adjacent to an activating group) is 1. The van der Waals surface area contributed by atoms with Gasteiger partial charge < -0.3 is 14.8 Å². The van der Waals surface area contributed by atoms with Gasteiger partial charge in [-0.3, -0.25) is 20.1 Å². The highest BCUT2D eigenvalue weighted by atomic mass is 32.1. The maximum atomic E-state index is 13.1. The molecule has 1 fully saturated rings. The average Bonchev–Trinajstić information content (AvgIpc) is 3.21. The van der Waals surface area contributed by atoms with Crippen molar-refractivity contribution in [1.29, 1.82) is 5.41 Å². The number of amides is 1. The van der Waals surface area contributed by atoms with Crippen LogP contribution in [0, 0.1) is 5.41 Å². The normalized spacial score (nSPS) is 25.2. The molecule has 0 aliphatic carbocycles. The van der Waals surface area contributed by atoms with Crippen LogP contribution < -0.4 is 20.4 Å². The topological polar surface area (TPSA) is 87.5 Å². The maximum Gasteiger partial charge on any atom is 0.239 e. The van der Waals surface area contributed by atoms with Gasteiger partial charge in [-0.2, -0.15) is 0 Å². The number of benzene rings is 1. The van der Waals surface area contributed by atoms with Crippen molar-refractivity contribution in [3.05, 3.63) is 34.2 Å². The predicted octanol–water partition coefficient (Wildman–Crippen LogP) is 0.126. The number of fused-ring (bicyclic) bond motifs is 1. The van der Waals surface area contributed by atoms with E-state index in [-0.39, 0.29) is 18.7 Å². The van der Waals surface area contributed by atoms with Crippen LogP contribution in [0.25, 0.3) is 0 Å². The van der Waals surface area contributed by atoms with E-state index in [1.165, 1.54) is 16.2 Å². The first-order chi connectivity index (χ1) is 11.9. The number of carbonyl (C=O) groups excluding carboxylic acids is 1. The van der Waals surface area contributed by atoms with E-state index < -0.39 is 11.5 Å². The van der Waals surface area contributed by atoms with Crippen LogP contribution in [0.2, 0.25) is 0 Å². The zero-order valence-corrected chi connectivity index (χ0v) is 14.9. The first-order valence-electron chi connectivity index (χ1n) is 7.86. The maximum absolute atomic E-state index is 13.1. The van der Waals surface area contributed by atoms with Crippen LogP contribution in [-0.4, -0.2) is 43.4 Å². The fraction of sp³-hybridized carbons (Fsp3) is 0.312. The summed E-state index contributed by atoms with van der Waals surface area (Å²) in [5.41, 5.74) is 0.884. The Morgan fingerprint density at radius 1 is 1.44 bits per heavy atom. The van der Waals surface area contributed by atoms with Crippen molar-refractivity contribution in [2.75, 3.05) is 13.8 Å². The molecule has 7 nitrogen and oxygen atoms in total. The Morgan fingerprint density at radius 3 is 2.92 bits per heavy atom. The van der Waals surface area contributed by atoms with Crippen LogP contribution in [0.3, 0.4) is 0 Å². The highest BCUT2D eigenvalue weighted by molar-refractivity contribution is 7.10. The molecule has 2 aromatic rings. The standard InChI is InChI=1S/C16H17BN4O3S/c1-16(14-19-11(17)6-25-14)12(13(22)21(2)15(18)20-16)8-3-4-9-10(5-8)24-7-23-9/h3-6,12H,7,17H2,1-2H3,(H2,18,20)/t12-,16+/m1/s1. The molecule has 1 saturated heterocycles. The second-order valence-electron chi connectivity index (χ2n) is 6.41. The molecule has 3 heterocycles. The largest absolute Gasteiger partial charge is 0.454 e. The van der Waals surface area contributed by atoms with Crippen LogP contribution >= 0.6 is 11.3 Å². The molecule has 1 aromatic carbocycles. The molecule has 2 N–H and O–H groups in total. The molecule has 128 valence electrons. The van der Waals surface area contributed by atoms with Crippen molar-refractivity contribution >= 4 is 36.6 Å². The minimum atomic E-state index is -0.812. The molecule has 0 saturated carbocycles. The zero-order valence-electron chi connectivity index (χ0n) is 14.1. The van der Waals surface area contributed by atoms with Crippen molar-refractivity contribution in [2.45, 2.75) is 18.4 Å². The number of hydrogen-bond donors (Lipinski definition) is 2. The Balaban J connectivity index is 1.85. The van der Waals surface area contributed by atoms with Crippen molar-refractivity contribution in [2.24, 2.45) is 0 Å². The number of hydrogen-bond acceptors (Lipinski definition) is 6. The minimum absolute atomic E-state index is 0.0670. The molecular weight excluding hydrogens is 339 g/mol. The van der Waals surface area contributed by atoms with Crippen molar-refractivity contribution in [1.82, 2.24) is 15.2 Å². The van der Waals surface area contributed by atoms with E-state index >= 15 is 0 Å². The molecule has 0 spiro atoms. The third-order valence-corrected chi connectivity index (χ3v) is 5.86. The van der Waals surface area contributed by atoms with Crippen molar-refractivity contribution in [3.63, 3.8) is 0 Å². The van der Waals surface area contributed by atoms with Gasteiger partial charge in [-0.05, 0) is 24.6 Å². The lowest BCUT2D eigenvalue weighted by Crippen LogP contribution is -2.62. The van der Waals surface area contributed by atoms with E-state index in [4.69, 9.17) is 14.9 Å². The summed E-state index contributed by atoms with van der Waals surface area (Å²) >= 11 is 1.49. The molecule has 0 bridgehead atoms. The lowest BCUT2D eigenvalue weighted by molar-refractivity contribution is -0.131. The summed E-state index contributed by atoms with van der Waals surface area (Å²) in [4.78, 5) is 19.0. The van der Waals surface area contributed by atoms with Crippen LogP contribution in [-0.2, 0) is 10.3 Å². The van der Waals surface area contributed by atoms with E-state index in [0.29, 0.717) is 11.5 Å². The van der Waals surface area contributed by atoms with Gasteiger partial charge in [0.15, 0.2) is 25.3 Å². The SMILES string of the molecule is Bc1csc([C@@]2(C)NC(=N)N(C)C(=O)[C@H]2c2ccc3c(c2)OCO3)n1. The number of aromatic nitrogens is 1. The Bertz CT molecular complexity index is 886. The summed E-state index contributed by atoms with van der Waals surface area (Å²) < 4.78 is 10.8. The van der Waals surface area contributed by atoms with Gasteiger partial charge in [0.2, 0.25) is 12.7 Å². The number of thiazole rings is 1. The zero-order chi connectivity index (χ0) is 17.8. The molecule has 2 aliphatic heterocycles. The van der Waals surface area contributed by atoms with Crippen LogP contribution in [0.5, 0.6) is 11.5 Å². The number of nitrogens with zero attached hydrogens (tertiary/aromatic N) is 2. The van der Waals surface area contributed by atoms with E-state index in [1.54, 1.807) is 7.05 Å². The number of guanidine groups is 1. The molecular formula is C16H17BN4O3S. The monoisotopic (exact) mass is 356 g/mol. The number of ether oxygens (including phenoxy) is 2. The average molecular weight is 356 g/mol. The highest BCUT2D eigenvalue weighted by Crippen LogP contribution is 2.44. The predicted molar refractivity (Wildman–Crippen MR) is 96.6 cm³/mol. The van der Waals surface area contributed by atoms with Gasteiger partial charge in [-0.1, -0.05) is 6.07 Å². The van der Waals surface area contributed by atoms with E-state index in [2.05, 4.69) is 10.3 Å². The first-order valence-corrected chi connectivity index (χ1v) is 8.74. The van der Waals surface area contributed by atoms with E-state index in [1.807, 2.05) is 38.3 Å². The Hall–Kier alpha value is -2.55. The molecule has 2 aliphatic rings. The third kappa shape index (κ3) is 2.38. The number of nitrogens with one attached hydrogen (secondary N) is 2. The molecule has 4 rings (SSSR count). The summed E-state index contributed by atoms with van der Waals surface area (Å²) in [5, 5.41) is 14.0. The third-order valence-electron chi connectivity index (χ3n) is 4.66. The van der Waals surface area contributed by atoms with Crippen LogP contribution in [0.4, 0.5) is 0 Å². The van der Waals surface area contributed by atoms with Crippen molar-refractivity contribution < 1.29 is 14.3 Å². The molecule has 25 heavy (non-hydrogen) atoms. The van der Waals surface area contributed by atoms with Gasteiger partial charge in [-0.25, -0.2) is 0 Å². The lowest BCUT2D eigenvalue weighted by atomic mass is 9.78. The Kier molecular flexibility index (Phi) is 3.50. The summed E-state index contributed by atoms with van der Waals surface area (Å²) in [6.07, 6.45) is 0. The van der Waals surface area contributed by atoms with Gasteiger partial charge in [0, 0.05) is 18.0 Å². The second-order valence-corrected chi connectivity index (χ2v) is 7.27. The second kappa shape index (κ2) is 5.49. The summed E-state index contributed by atoms with van der Waals surface area (Å²) in [6, 6.07) is 5.53. The van der Waals surface area contributed by atoms with E-state index in [9.17, 15) is 4.79 Å². The molecule has 1 aromatic heterocycles.